The molecular formula is C28H31Cl2N3O4S. The van der Waals surface area contributed by atoms with Gasteiger partial charge in [0.05, 0.1) is 20.6 Å². The van der Waals surface area contributed by atoms with Gasteiger partial charge in [-0.2, -0.15) is 0 Å². The standard InChI is InChI=1S/C28H31Cl2N3O4S/c1-20(27(35)31-28(2,3)4)32(18-21-12-7-5-8-13-21)25(34)19-33(24-17-11-16-23(29)26(24)30)38(36,37)22-14-9-6-10-15-22/h5-17,20H,18-19H2,1-4H3,(H,31,35)/t20-/m1/s1. The maximum absolute atomic E-state index is 13.9. The molecule has 0 spiro atoms. The molecule has 1 atom stereocenters. The highest BCUT2D eigenvalue weighted by Gasteiger charge is 2.34. The molecule has 0 aliphatic rings. The van der Waals surface area contributed by atoms with Crippen LogP contribution in [0.5, 0.6) is 0 Å². The largest absolute Gasteiger partial charge is 0.350 e. The first kappa shape index (κ1) is 29.5. The number of carbonyl (C=O) groups excluding carboxylic acids is 2. The zero-order valence-corrected chi connectivity index (χ0v) is 24.0. The van der Waals surface area contributed by atoms with E-state index >= 15 is 0 Å². The Bertz CT molecular complexity index is 1380. The van der Waals surface area contributed by atoms with E-state index in [0.717, 1.165) is 9.87 Å². The van der Waals surface area contributed by atoms with E-state index in [9.17, 15) is 18.0 Å². The topological polar surface area (TPSA) is 86.8 Å². The van der Waals surface area contributed by atoms with Crippen molar-refractivity contribution in [3.63, 3.8) is 0 Å². The molecule has 3 aromatic rings. The molecule has 3 aromatic carbocycles. The van der Waals surface area contributed by atoms with Gasteiger partial charge in [-0.25, -0.2) is 8.42 Å². The van der Waals surface area contributed by atoms with Crippen LogP contribution in [0.15, 0.2) is 83.8 Å². The smallest absolute Gasteiger partial charge is 0.264 e. The van der Waals surface area contributed by atoms with Gasteiger partial charge in [-0.15, -0.1) is 0 Å². The Morgan fingerprint density at radius 2 is 1.47 bits per heavy atom. The summed E-state index contributed by atoms with van der Waals surface area (Å²) in [5.74, 6) is -0.944. The van der Waals surface area contributed by atoms with Crippen molar-refractivity contribution in [1.29, 1.82) is 0 Å². The van der Waals surface area contributed by atoms with Crippen LogP contribution in [-0.4, -0.2) is 43.3 Å². The van der Waals surface area contributed by atoms with Gasteiger partial charge in [-0.1, -0.05) is 77.8 Å². The van der Waals surface area contributed by atoms with Crippen LogP contribution in [0.1, 0.15) is 33.3 Å². The summed E-state index contributed by atoms with van der Waals surface area (Å²) in [6.45, 7) is 6.64. The summed E-state index contributed by atoms with van der Waals surface area (Å²) >= 11 is 12.6. The van der Waals surface area contributed by atoms with E-state index in [-0.39, 0.29) is 33.1 Å². The number of benzene rings is 3. The Morgan fingerprint density at radius 1 is 0.895 bits per heavy atom. The van der Waals surface area contributed by atoms with Gasteiger partial charge in [-0.3, -0.25) is 13.9 Å². The van der Waals surface area contributed by atoms with E-state index in [0.29, 0.717) is 0 Å². The monoisotopic (exact) mass is 575 g/mol. The van der Waals surface area contributed by atoms with Crippen LogP contribution in [0, 0.1) is 0 Å². The molecule has 0 aromatic heterocycles. The van der Waals surface area contributed by atoms with Crippen molar-refractivity contribution in [3.05, 3.63) is 94.5 Å². The van der Waals surface area contributed by atoms with E-state index in [1.165, 1.54) is 29.2 Å². The van der Waals surface area contributed by atoms with Crippen molar-refractivity contribution in [2.45, 2.75) is 50.7 Å². The maximum Gasteiger partial charge on any atom is 0.264 e. The Kier molecular flexibility index (Phi) is 9.46. The summed E-state index contributed by atoms with van der Waals surface area (Å²) in [5, 5.41) is 3.03. The van der Waals surface area contributed by atoms with E-state index in [4.69, 9.17) is 23.2 Å². The summed E-state index contributed by atoms with van der Waals surface area (Å²) in [7, 11) is -4.23. The summed E-state index contributed by atoms with van der Waals surface area (Å²) in [5.41, 5.74) is 0.321. The molecule has 0 aliphatic heterocycles. The van der Waals surface area contributed by atoms with E-state index in [1.54, 1.807) is 31.2 Å². The van der Waals surface area contributed by atoms with Crippen molar-refractivity contribution in [2.75, 3.05) is 10.8 Å². The Hall–Kier alpha value is -3.07. The van der Waals surface area contributed by atoms with Gasteiger partial charge in [0.2, 0.25) is 11.8 Å². The number of nitrogens with one attached hydrogen (secondary N) is 1. The van der Waals surface area contributed by atoms with Crippen LogP contribution in [0.2, 0.25) is 10.0 Å². The molecule has 3 rings (SSSR count). The molecule has 0 bridgehead atoms. The molecule has 0 unspecified atom stereocenters. The second-order valence-corrected chi connectivity index (χ2v) is 12.5. The van der Waals surface area contributed by atoms with Gasteiger partial charge in [0.1, 0.15) is 12.6 Å². The number of anilines is 1. The molecule has 2 amide bonds. The lowest BCUT2D eigenvalue weighted by Crippen LogP contribution is -2.54. The number of carbonyl (C=O) groups is 2. The molecular weight excluding hydrogens is 545 g/mol. The number of nitrogens with zero attached hydrogens (tertiary/aromatic N) is 2. The summed E-state index contributed by atoms with van der Waals surface area (Å²) in [6, 6.07) is 20.6. The first-order valence-corrected chi connectivity index (χ1v) is 14.2. The SMILES string of the molecule is C[C@H](C(=O)NC(C)(C)C)N(Cc1ccccc1)C(=O)CN(c1cccc(Cl)c1Cl)S(=O)(=O)c1ccccc1. The van der Waals surface area contributed by atoms with Crippen molar-refractivity contribution in [1.82, 2.24) is 10.2 Å². The average molecular weight is 577 g/mol. The van der Waals surface area contributed by atoms with Crippen molar-refractivity contribution in [3.8, 4) is 0 Å². The lowest BCUT2D eigenvalue weighted by atomic mass is 10.1. The highest BCUT2D eigenvalue weighted by molar-refractivity contribution is 7.92. The van der Waals surface area contributed by atoms with Crippen molar-refractivity contribution < 1.29 is 18.0 Å². The minimum Gasteiger partial charge on any atom is -0.350 e. The Labute approximate surface area is 234 Å². The van der Waals surface area contributed by atoms with Gasteiger partial charge in [0.15, 0.2) is 0 Å². The van der Waals surface area contributed by atoms with E-state index < -0.39 is 34.1 Å². The second-order valence-electron chi connectivity index (χ2n) is 9.82. The highest BCUT2D eigenvalue weighted by atomic mass is 35.5. The van der Waals surface area contributed by atoms with Crippen LogP contribution >= 0.6 is 23.2 Å². The van der Waals surface area contributed by atoms with Crippen LogP contribution in [-0.2, 0) is 26.2 Å². The van der Waals surface area contributed by atoms with Crippen LogP contribution in [0.4, 0.5) is 5.69 Å². The zero-order valence-electron chi connectivity index (χ0n) is 21.7. The van der Waals surface area contributed by atoms with Crippen molar-refractivity contribution >= 4 is 50.7 Å². The fourth-order valence-corrected chi connectivity index (χ4v) is 5.65. The number of halogens is 2. The number of hydrogen-bond donors (Lipinski definition) is 1. The normalized spacial score (nSPS) is 12.5. The van der Waals surface area contributed by atoms with Crippen LogP contribution < -0.4 is 9.62 Å². The van der Waals surface area contributed by atoms with Gasteiger partial charge in [0.25, 0.3) is 10.0 Å². The van der Waals surface area contributed by atoms with E-state index in [1.807, 2.05) is 51.1 Å². The first-order valence-electron chi connectivity index (χ1n) is 12.0. The molecule has 38 heavy (non-hydrogen) atoms. The maximum atomic E-state index is 13.9. The quantitative estimate of drug-likeness (QED) is 0.364. The van der Waals surface area contributed by atoms with Crippen molar-refractivity contribution in [2.24, 2.45) is 0 Å². The van der Waals surface area contributed by atoms with Gasteiger partial charge in [0, 0.05) is 12.1 Å². The number of hydrogen-bond acceptors (Lipinski definition) is 4. The minimum atomic E-state index is -4.23. The number of amides is 2. The second kappa shape index (κ2) is 12.2. The first-order chi connectivity index (χ1) is 17.8. The molecule has 0 radical (unpaired) electrons. The zero-order chi connectivity index (χ0) is 28.1. The van der Waals surface area contributed by atoms with Gasteiger partial charge < -0.3 is 10.2 Å². The molecule has 0 heterocycles. The third-order valence-electron chi connectivity index (χ3n) is 5.67. The molecule has 0 aliphatic carbocycles. The lowest BCUT2D eigenvalue weighted by Gasteiger charge is -2.33. The minimum absolute atomic E-state index is 0.00499. The molecule has 0 saturated carbocycles. The third kappa shape index (κ3) is 7.28. The lowest BCUT2D eigenvalue weighted by molar-refractivity contribution is -0.140. The molecule has 1 N–H and O–H groups in total. The predicted molar refractivity (Wildman–Crippen MR) is 152 cm³/mol. The summed E-state index contributed by atoms with van der Waals surface area (Å²) < 4.78 is 28.5. The number of rotatable bonds is 9. The molecule has 10 heteroatoms. The molecule has 0 saturated heterocycles. The van der Waals surface area contributed by atoms with Gasteiger partial charge in [-0.05, 0) is 57.5 Å². The number of sulfonamides is 1. The molecule has 7 nitrogen and oxygen atoms in total. The Balaban J connectivity index is 2.06. The third-order valence-corrected chi connectivity index (χ3v) is 8.25. The van der Waals surface area contributed by atoms with Crippen LogP contribution in [0.25, 0.3) is 0 Å². The van der Waals surface area contributed by atoms with Crippen LogP contribution in [0.3, 0.4) is 0 Å². The van der Waals surface area contributed by atoms with E-state index in [2.05, 4.69) is 5.32 Å². The van der Waals surface area contributed by atoms with Gasteiger partial charge >= 0.3 is 0 Å². The summed E-state index contributed by atoms with van der Waals surface area (Å²) in [6.07, 6.45) is 0. The summed E-state index contributed by atoms with van der Waals surface area (Å²) in [4.78, 5) is 28.3. The molecule has 202 valence electrons. The predicted octanol–water partition coefficient (Wildman–Crippen LogP) is 5.52. The average Bonchev–Trinajstić information content (AvgIpc) is 2.87. The Morgan fingerprint density at radius 3 is 2.05 bits per heavy atom. The highest BCUT2D eigenvalue weighted by Crippen LogP contribution is 2.35. The fraction of sp³-hybridized carbons (Fsp3) is 0.286. The fourth-order valence-electron chi connectivity index (χ4n) is 3.75. The molecule has 0 fully saturated rings.